The van der Waals surface area contributed by atoms with E-state index in [9.17, 15) is 4.79 Å². The molecule has 0 saturated heterocycles. The largest absolute Gasteiger partial charge is 0.356 e. The molecule has 5 nitrogen and oxygen atoms in total. The summed E-state index contributed by atoms with van der Waals surface area (Å²) in [6.45, 7) is 1.50. The lowest BCUT2D eigenvalue weighted by molar-refractivity contribution is -0.151. The second-order valence-corrected chi connectivity index (χ2v) is 4.19. The highest BCUT2D eigenvalue weighted by atomic mass is 32.1. The van der Waals surface area contributed by atoms with E-state index in [1.807, 2.05) is 24.1 Å². The van der Waals surface area contributed by atoms with Gasteiger partial charge < -0.3 is 9.74 Å². The Kier molecular flexibility index (Phi) is 5.27. The lowest BCUT2D eigenvalue weighted by Gasteiger charge is -2.14. The van der Waals surface area contributed by atoms with Gasteiger partial charge in [-0.2, -0.15) is 0 Å². The minimum absolute atomic E-state index is 0.325. The van der Waals surface area contributed by atoms with Crippen LogP contribution in [-0.2, 0) is 16.2 Å². The molecule has 84 valence electrons. The van der Waals surface area contributed by atoms with Gasteiger partial charge in [0.05, 0.1) is 6.42 Å². The summed E-state index contributed by atoms with van der Waals surface area (Å²) in [5, 5.41) is 2.04. The molecule has 0 radical (unpaired) electrons. The van der Waals surface area contributed by atoms with Crippen LogP contribution in [0.15, 0.2) is 17.5 Å². The Hall–Kier alpha value is -0.950. The molecule has 0 fully saturated rings. The van der Waals surface area contributed by atoms with Crippen molar-refractivity contribution in [2.45, 2.75) is 13.0 Å². The average Bonchev–Trinajstić information content (AvgIpc) is 2.68. The first-order chi connectivity index (χ1) is 7.22. The highest BCUT2D eigenvalue weighted by Gasteiger charge is 2.06. The number of hydrogen-bond acceptors (Lipinski definition) is 6. The van der Waals surface area contributed by atoms with Gasteiger partial charge in [-0.3, -0.25) is 4.79 Å². The number of hydrazine groups is 1. The van der Waals surface area contributed by atoms with Crippen molar-refractivity contribution < 1.29 is 9.63 Å². The standard InChI is InChI=1S/C9H15N3O2S/c1-12(5-4-9(13)14-11-10)7-8-3-2-6-15-8/h2-3,6,11H,4-5,7,10H2,1H3. The molecule has 0 amide bonds. The number of hydrogen-bond donors (Lipinski definition) is 2. The number of thiophene rings is 1. The molecule has 0 unspecified atom stereocenters. The Bertz CT molecular complexity index is 290. The van der Waals surface area contributed by atoms with E-state index < -0.39 is 0 Å². The SMILES string of the molecule is CN(CCC(=O)ONN)Cc1cccs1. The Balaban J connectivity index is 2.19. The van der Waals surface area contributed by atoms with Crippen molar-refractivity contribution in [3.05, 3.63) is 22.4 Å². The molecule has 0 aromatic carbocycles. The molecule has 3 N–H and O–H groups in total. The second-order valence-electron chi connectivity index (χ2n) is 3.16. The number of carbonyl (C=O) groups excluding carboxylic acids is 1. The third kappa shape index (κ3) is 4.89. The summed E-state index contributed by atoms with van der Waals surface area (Å²) in [5.74, 6) is 4.49. The van der Waals surface area contributed by atoms with Crippen molar-refractivity contribution >= 4 is 17.3 Å². The fourth-order valence-corrected chi connectivity index (χ4v) is 1.93. The van der Waals surface area contributed by atoms with Gasteiger partial charge in [-0.15, -0.1) is 11.3 Å². The molecule has 0 aliphatic carbocycles. The predicted molar refractivity (Wildman–Crippen MR) is 58.7 cm³/mol. The Morgan fingerprint density at radius 1 is 1.73 bits per heavy atom. The Morgan fingerprint density at radius 2 is 2.53 bits per heavy atom. The van der Waals surface area contributed by atoms with Crippen LogP contribution in [0, 0.1) is 0 Å². The first kappa shape index (κ1) is 12.1. The molecule has 0 spiro atoms. The summed E-state index contributed by atoms with van der Waals surface area (Å²) in [6.07, 6.45) is 0.325. The van der Waals surface area contributed by atoms with E-state index in [1.165, 1.54) is 4.88 Å². The molecule has 0 saturated carbocycles. The van der Waals surface area contributed by atoms with Gasteiger partial charge >= 0.3 is 5.97 Å². The zero-order valence-electron chi connectivity index (χ0n) is 8.60. The summed E-state index contributed by atoms with van der Waals surface area (Å²) in [4.78, 5) is 18.7. The van der Waals surface area contributed by atoms with Crippen LogP contribution in [0.2, 0.25) is 0 Å². The lowest BCUT2D eigenvalue weighted by Crippen LogP contribution is -2.28. The van der Waals surface area contributed by atoms with Crippen molar-refractivity contribution in [1.29, 1.82) is 0 Å². The molecular formula is C9H15N3O2S. The molecule has 1 heterocycles. The van der Waals surface area contributed by atoms with Gasteiger partial charge in [0.1, 0.15) is 0 Å². The van der Waals surface area contributed by atoms with Gasteiger partial charge in [-0.05, 0) is 18.5 Å². The number of nitrogens with zero attached hydrogens (tertiary/aromatic N) is 1. The maximum atomic E-state index is 11.0. The van der Waals surface area contributed by atoms with Gasteiger partial charge in [-0.1, -0.05) is 11.7 Å². The van der Waals surface area contributed by atoms with E-state index in [1.54, 1.807) is 11.3 Å². The first-order valence-corrected chi connectivity index (χ1v) is 5.46. The monoisotopic (exact) mass is 229 g/mol. The second kappa shape index (κ2) is 6.52. The van der Waals surface area contributed by atoms with Crippen LogP contribution in [0.3, 0.4) is 0 Å². The molecule has 0 bridgehead atoms. The molecular weight excluding hydrogens is 214 g/mol. The normalized spacial score (nSPS) is 10.6. The zero-order valence-corrected chi connectivity index (χ0v) is 9.42. The van der Waals surface area contributed by atoms with Crippen LogP contribution in [0.1, 0.15) is 11.3 Å². The number of carbonyl (C=O) groups is 1. The number of nitrogens with one attached hydrogen (secondary N) is 1. The summed E-state index contributed by atoms with van der Waals surface area (Å²) in [6, 6.07) is 4.08. The van der Waals surface area contributed by atoms with Crippen LogP contribution >= 0.6 is 11.3 Å². The van der Waals surface area contributed by atoms with E-state index in [-0.39, 0.29) is 5.97 Å². The number of nitrogens with two attached hydrogens (primary N) is 1. The fraction of sp³-hybridized carbons (Fsp3) is 0.444. The quantitative estimate of drug-likeness (QED) is 0.549. The maximum Gasteiger partial charge on any atom is 0.327 e. The topological polar surface area (TPSA) is 67.6 Å². The van der Waals surface area contributed by atoms with Crippen molar-refractivity contribution in [1.82, 2.24) is 10.5 Å². The molecule has 0 aliphatic rings. The Morgan fingerprint density at radius 3 is 3.13 bits per heavy atom. The highest BCUT2D eigenvalue weighted by molar-refractivity contribution is 7.09. The Labute approximate surface area is 92.7 Å². The van der Waals surface area contributed by atoms with Crippen molar-refractivity contribution in [2.75, 3.05) is 13.6 Å². The van der Waals surface area contributed by atoms with E-state index in [2.05, 4.69) is 15.8 Å². The highest BCUT2D eigenvalue weighted by Crippen LogP contribution is 2.10. The van der Waals surface area contributed by atoms with Gasteiger partial charge in [0.25, 0.3) is 0 Å². The van der Waals surface area contributed by atoms with Gasteiger partial charge in [0.15, 0.2) is 0 Å². The van der Waals surface area contributed by atoms with Crippen molar-refractivity contribution in [3.63, 3.8) is 0 Å². The third-order valence-electron chi connectivity index (χ3n) is 1.88. The smallest absolute Gasteiger partial charge is 0.327 e. The molecule has 15 heavy (non-hydrogen) atoms. The first-order valence-electron chi connectivity index (χ1n) is 4.58. The van der Waals surface area contributed by atoms with Crippen molar-refractivity contribution in [2.24, 2.45) is 5.84 Å². The molecule has 1 rings (SSSR count). The minimum Gasteiger partial charge on any atom is -0.356 e. The zero-order chi connectivity index (χ0) is 11.1. The van der Waals surface area contributed by atoms with Crippen LogP contribution in [0.5, 0.6) is 0 Å². The molecule has 1 aromatic rings. The van der Waals surface area contributed by atoms with Gasteiger partial charge in [0, 0.05) is 18.0 Å². The number of rotatable bonds is 6. The third-order valence-corrected chi connectivity index (χ3v) is 2.74. The van der Waals surface area contributed by atoms with E-state index in [0.29, 0.717) is 13.0 Å². The summed E-state index contributed by atoms with van der Waals surface area (Å²) in [5.41, 5.74) is 1.87. The van der Waals surface area contributed by atoms with E-state index in [4.69, 9.17) is 5.84 Å². The van der Waals surface area contributed by atoms with Crippen LogP contribution in [0.4, 0.5) is 0 Å². The lowest BCUT2D eigenvalue weighted by atomic mass is 10.3. The van der Waals surface area contributed by atoms with Crippen molar-refractivity contribution in [3.8, 4) is 0 Å². The van der Waals surface area contributed by atoms with Gasteiger partial charge in [-0.25, -0.2) is 5.84 Å². The average molecular weight is 229 g/mol. The van der Waals surface area contributed by atoms with E-state index >= 15 is 0 Å². The van der Waals surface area contributed by atoms with E-state index in [0.717, 1.165) is 6.54 Å². The van der Waals surface area contributed by atoms with Gasteiger partial charge in [0.2, 0.25) is 0 Å². The maximum absolute atomic E-state index is 11.0. The van der Waals surface area contributed by atoms with Crippen LogP contribution < -0.4 is 11.4 Å². The van der Waals surface area contributed by atoms with Crippen LogP contribution in [-0.4, -0.2) is 24.5 Å². The molecule has 1 aromatic heterocycles. The fourth-order valence-electron chi connectivity index (χ4n) is 1.15. The van der Waals surface area contributed by atoms with Crippen LogP contribution in [0.25, 0.3) is 0 Å². The summed E-state index contributed by atoms with van der Waals surface area (Å²) >= 11 is 1.71. The predicted octanol–water partition coefficient (Wildman–Crippen LogP) is 0.492. The molecule has 0 aliphatic heterocycles. The summed E-state index contributed by atoms with van der Waals surface area (Å²) < 4.78 is 0. The summed E-state index contributed by atoms with van der Waals surface area (Å²) in [7, 11) is 1.96. The molecule has 0 atom stereocenters. The molecule has 6 heteroatoms. The minimum atomic E-state index is -0.351.